The molecule has 178 valence electrons. The minimum Gasteiger partial charge on any atom is -0.383 e. The van der Waals surface area contributed by atoms with E-state index in [0.29, 0.717) is 11.7 Å². The molecule has 8 nitrogen and oxygen atoms in total. The van der Waals surface area contributed by atoms with Crippen LogP contribution in [0.2, 0.25) is 0 Å². The van der Waals surface area contributed by atoms with Crippen LogP contribution in [0.15, 0.2) is 60.9 Å². The molecule has 0 spiro atoms. The molecule has 0 bridgehead atoms. The Hall–Kier alpha value is -3.27. The molecule has 2 atom stereocenters. The standard InChI is InChI=1S/C25H29N5O3S/c1-17-15-18(9-10-19(17)27-22(31)16-33-3)30-24(21-8-6-12-29(21)13-14-32-2)23(28-25(30)34)20-7-4-5-11-26-20/h4-12,15,23-24H,13-14,16H2,1-3H3,(H,27,31)(H,28,34)/t23-,24+/m0/s1. The van der Waals surface area contributed by atoms with Crippen molar-refractivity contribution in [1.29, 1.82) is 0 Å². The van der Waals surface area contributed by atoms with E-state index in [0.717, 1.165) is 34.9 Å². The molecule has 1 fully saturated rings. The second-order valence-electron chi connectivity index (χ2n) is 8.10. The normalized spacial score (nSPS) is 17.6. The van der Waals surface area contributed by atoms with Gasteiger partial charge >= 0.3 is 0 Å². The third kappa shape index (κ3) is 4.96. The number of ether oxygens (including phenoxy) is 2. The van der Waals surface area contributed by atoms with Crippen LogP contribution in [-0.2, 0) is 20.8 Å². The predicted octanol–water partition coefficient (Wildman–Crippen LogP) is 3.60. The number of thiocarbonyl (C=S) groups is 1. The molecule has 1 saturated heterocycles. The van der Waals surface area contributed by atoms with Gasteiger partial charge in [-0.3, -0.25) is 9.78 Å². The van der Waals surface area contributed by atoms with Gasteiger partial charge in [-0.25, -0.2) is 0 Å². The molecule has 3 heterocycles. The Balaban J connectivity index is 1.73. The van der Waals surface area contributed by atoms with Gasteiger partial charge in [0.1, 0.15) is 12.6 Å². The van der Waals surface area contributed by atoms with Crippen molar-refractivity contribution in [3.8, 4) is 0 Å². The summed E-state index contributed by atoms with van der Waals surface area (Å²) >= 11 is 5.83. The van der Waals surface area contributed by atoms with E-state index in [1.807, 2.05) is 49.4 Å². The van der Waals surface area contributed by atoms with Crippen molar-refractivity contribution in [3.05, 3.63) is 77.9 Å². The Morgan fingerprint density at radius 1 is 1.18 bits per heavy atom. The molecule has 1 aliphatic heterocycles. The predicted molar refractivity (Wildman–Crippen MR) is 136 cm³/mol. The number of methoxy groups -OCH3 is 2. The monoisotopic (exact) mass is 479 g/mol. The number of aromatic nitrogens is 2. The van der Waals surface area contributed by atoms with Crippen LogP contribution in [-0.4, -0.2) is 48.0 Å². The van der Waals surface area contributed by atoms with E-state index in [4.69, 9.17) is 21.7 Å². The van der Waals surface area contributed by atoms with Crippen molar-refractivity contribution in [2.75, 3.05) is 37.7 Å². The fraction of sp³-hybridized carbons (Fsp3) is 0.320. The summed E-state index contributed by atoms with van der Waals surface area (Å²) in [5, 5.41) is 7.00. The summed E-state index contributed by atoms with van der Waals surface area (Å²) in [5.74, 6) is -0.194. The molecule has 2 N–H and O–H groups in total. The molecule has 3 aromatic rings. The molecule has 4 rings (SSSR count). The molecular formula is C25H29N5O3S. The lowest BCUT2D eigenvalue weighted by Gasteiger charge is -2.29. The summed E-state index contributed by atoms with van der Waals surface area (Å²) in [6.07, 6.45) is 3.86. The zero-order valence-electron chi connectivity index (χ0n) is 19.5. The fourth-order valence-electron chi connectivity index (χ4n) is 4.28. The van der Waals surface area contributed by atoms with Gasteiger partial charge in [0.15, 0.2) is 5.11 Å². The lowest BCUT2D eigenvalue weighted by Crippen LogP contribution is -2.30. The number of pyridine rings is 1. The van der Waals surface area contributed by atoms with Gasteiger partial charge in [-0.05, 0) is 67.2 Å². The Morgan fingerprint density at radius 3 is 2.74 bits per heavy atom. The molecule has 0 saturated carbocycles. The van der Waals surface area contributed by atoms with Gasteiger partial charge in [0.2, 0.25) is 5.91 Å². The van der Waals surface area contributed by atoms with Crippen LogP contribution >= 0.6 is 12.2 Å². The second kappa shape index (κ2) is 10.8. The molecule has 9 heteroatoms. The summed E-state index contributed by atoms with van der Waals surface area (Å²) in [6.45, 7) is 3.31. The first kappa shape index (κ1) is 23.9. The average molecular weight is 480 g/mol. The van der Waals surface area contributed by atoms with Gasteiger partial charge in [-0.15, -0.1) is 0 Å². The molecular weight excluding hydrogens is 450 g/mol. The highest BCUT2D eigenvalue weighted by molar-refractivity contribution is 7.80. The lowest BCUT2D eigenvalue weighted by molar-refractivity contribution is -0.119. The largest absolute Gasteiger partial charge is 0.383 e. The summed E-state index contributed by atoms with van der Waals surface area (Å²) in [6, 6.07) is 15.7. The van der Waals surface area contributed by atoms with Gasteiger partial charge in [0, 0.05) is 50.2 Å². The van der Waals surface area contributed by atoms with Gasteiger partial charge in [0.05, 0.1) is 18.3 Å². The van der Waals surface area contributed by atoms with E-state index < -0.39 is 0 Å². The highest BCUT2D eigenvalue weighted by Gasteiger charge is 2.42. The number of nitrogens with zero attached hydrogens (tertiary/aromatic N) is 3. The van der Waals surface area contributed by atoms with Crippen LogP contribution in [0.4, 0.5) is 11.4 Å². The first-order valence-electron chi connectivity index (χ1n) is 11.1. The zero-order valence-corrected chi connectivity index (χ0v) is 20.3. The average Bonchev–Trinajstić information content (AvgIpc) is 3.43. The molecule has 0 aliphatic carbocycles. The maximum atomic E-state index is 12.0. The third-order valence-corrected chi connectivity index (χ3v) is 6.15. The van der Waals surface area contributed by atoms with Crippen LogP contribution < -0.4 is 15.5 Å². The number of rotatable bonds is 9. The van der Waals surface area contributed by atoms with Gasteiger partial charge in [-0.2, -0.15) is 0 Å². The number of anilines is 2. The Labute approximate surface area is 204 Å². The minimum atomic E-state index is -0.194. The highest BCUT2D eigenvalue weighted by Crippen LogP contribution is 2.42. The van der Waals surface area contributed by atoms with Crippen LogP contribution in [0.5, 0.6) is 0 Å². The Bertz CT molecular complexity index is 1150. The van der Waals surface area contributed by atoms with Crippen LogP contribution in [0.25, 0.3) is 0 Å². The quantitative estimate of drug-likeness (QED) is 0.454. The second-order valence-corrected chi connectivity index (χ2v) is 8.48. The topological polar surface area (TPSA) is 80.7 Å². The summed E-state index contributed by atoms with van der Waals surface area (Å²) in [7, 11) is 3.20. The van der Waals surface area contributed by atoms with E-state index in [-0.39, 0.29) is 24.6 Å². The number of hydrogen-bond donors (Lipinski definition) is 2. The van der Waals surface area contributed by atoms with Crippen LogP contribution in [0, 0.1) is 6.92 Å². The fourth-order valence-corrected chi connectivity index (χ4v) is 4.62. The number of amides is 1. The molecule has 0 unspecified atom stereocenters. The summed E-state index contributed by atoms with van der Waals surface area (Å²) in [5.41, 5.74) is 4.62. The van der Waals surface area contributed by atoms with Crippen LogP contribution in [0.1, 0.15) is 29.0 Å². The molecule has 0 radical (unpaired) electrons. The zero-order chi connectivity index (χ0) is 24.1. The Morgan fingerprint density at radius 2 is 2.03 bits per heavy atom. The lowest BCUT2D eigenvalue weighted by atomic mass is 10.0. The molecule has 34 heavy (non-hydrogen) atoms. The number of carbonyl (C=O) groups excluding carboxylic acids is 1. The summed E-state index contributed by atoms with van der Waals surface area (Å²) in [4.78, 5) is 18.7. The van der Waals surface area contributed by atoms with Gasteiger partial charge in [-0.1, -0.05) is 6.07 Å². The van der Waals surface area contributed by atoms with E-state index >= 15 is 0 Å². The van der Waals surface area contributed by atoms with E-state index in [9.17, 15) is 4.79 Å². The maximum Gasteiger partial charge on any atom is 0.250 e. The number of carbonyl (C=O) groups is 1. The Kier molecular flexibility index (Phi) is 7.56. The highest BCUT2D eigenvalue weighted by atomic mass is 32.1. The molecule has 1 amide bonds. The summed E-state index contributed by atoms with van der Waals surface area (Å²) < 4.78 is 12.4. The van der Waals surface area contributed by atoms with Crippen molar-refractivity contribution in [2.24, 2.45) is 0 Å². The van der Waals surface area contributed by atoms with Crippen molar-refractivity contribution in [3.63, 3.8) is 0 Å². The third-order valence-electron chi connectivity index (χ3n) is 5.84. The first-order chi connectivity index (χ1) is 16.5. The van der Waals surface area contributed by atoms with Crippen molar-refractivity contribution in [2.45, 2.75) is 25.6 Å². The number of nitrogens with one attached hydrogen (secondary N) is 2. The first-order valence-corrected chi connectivity index (χ1v) is 11.5. The van der Waals surface area contributed by atoms with Gasteiger partial charge < -0.3 is 29.6 Å². The van der Waals surface area contributed by atoms with Crippen molar-refractivity contribution in [1.82, 2.24) is 14.9 Å². The number of hydrogen-bond acceptors (Lipinski definition) is 5. The van der Waals surface area contributed by atoms with Gasteiger partial charge in [0.25, 0.3) is 0 Å². The number of aryl methyl sites for hydroxylation is 1. The smallest absolute Gasteiger partial charge is 0.250 e. The minimum absolute atomic E-state index is 0.00756. The van der Waals surface area contributed by atoms with E-state index in [1.165, 1.54) is 7.11 Å². The van der Waals surface area contributed by atoms with Crippen molar-refractivity contribution < 1.29 is 14.3 Å². The number of benzene rings is 1. The SMILES string of the molecule is COCCn1cccc1[C@@H]1[C@H](c2ccccn2)NC(=S)N1c1ccc(NC(=O)COC)c(C)c1. The molecule has 1 aliphatic rings. The molecule has 1 aromatic carbocycles. The maximum absolute atomic E-state index is 12.0. The van der Waals surface area contributed by atoms with Crippen molar-refractivity contribution >= 4 is 34.6 Å². The van der Waals surface area contributed by atoms with E-state index in [1.54, 1.807) is 13.3 Å². The molecule has 2 aromatic heterocycles. The van der Waals surface area contributed by atoms with E-state index in [2.05, 4.69) is 37.3 Å². The van der Waals surface area contributed by atoms with Crippen LogP contribution in [0.3, 0.4) is 0 Å².